The molecule has 0 bridgehead atoms. The summed E-state index contributed by atoms with van der Waals surface area (Å²) in [7, 11) is 1.81. The number of hydrogen-bond donors (Lipinski definition) is 1. The molecule has 0 fully saturated rings. The number of hydrogen-bond acceptors (Lipinski definition) is 3. The Balaban J connectivity index is 1.63. The van der Waals surface area contributed by atoms with Gasteiger partial charge in [-0.25, -0.2) is 0 Å². The predicted octanol–water partition coefficient (Wildman–Crippen LogP) is 3.96. The second-order valence-electron chi connectivity index (χ2n) is 7.42. The van der Waals surface area contributed by atoms with E-state index in [0.717, 1.165) is 16.8 Å². The van der Waals surface area contributed by atoms with Gasteiger partial charge in [-0.2, -0.15) is 0 Å². The van der Waals surface area contributed by atoms with E-state index in [0.29, 0.717) is 18.5 Å². The lowest BCUT2D eigenvalue weighted by Gasteiger charge is -2.28. The molecule has 1 N–H and O–H groups in total. The predicted molar refractivity (Wildman–Crippen MR) is 114 cm³/mol. The third-order valence-electron chi connectivity index (χ3n) is 5.57. The monoisotopic (exact) mass is 385 g/mol. The van der Waals surface area contributed by atoms with Crippen molar-refractivity contribution in [2.45, 2.75) is 24.7 Å². The van der Waals surface area contributed by atoms with E-state index >= 15 is 0 Å². The second-order valence-corrected chi connectivity index (χ2v) is 7.42. The molecule has 5 heteroatoms. The molecule has 2 amide bonds. The van der Waals surface area contributed by atoms with Gasteiger partial charge in [-0.3, -0.25) is 14.6 Å². The molecular weight excluding hydrogens is 362 g/mol. The van der Waals surface area contributed by atoms with Crippen LogP contribution in [-0.2, 0) is 21.4 Å². The van der Waals surface area contributed by atoms with Crippen LogP contribution in [-0.4, -0.2) is 23.8 Å². The van der Waals surface area contributed by atoms with E-state index in [1.807, 2.05) is 61.6 Å². The Morgan fingerprint density at radius 2 is 1.79 bits per heavy atom. The number of likely N-dealkylation sites (N-methyl/N-ethyl adjacent to an activating group) is 1. The first-order valence-corrected chi connectivity index (χ1v) is 9.72. The van der Waals surface area contributed by atoms with E-state index in [2.05, 4.69) is 10.3 Å². The van der Waals surface area contributed by atoms with E-state index in [4.69, 9.17) is 0 Å². The lowest BCUT2D eigenvalue weighted by atomic mass is 9.73. The molecule has 0 saturated carbocycles. The average molecular weight is 385 g/mol. The van der Waals surface area contributed by atoms with Crippen LogP contribution in [0.4, 0.5) is 11.4 Å². The van der Waals surface area contributed by atoms with Gasteiger partial charge in [0.1, 0.15) is 0 Å². The lowest BCUT2D eigenvalue weighted by Crippen LogP contribution is -2.41. The van der Waals surface area contributed by atoms with E-state index in [-0.39, 0.29) is 18.2 Å². The number of pyridine rings is 1. The molecule has 3 aromatic rings. The Kier molecular flexibility index (Phi) is 5.12. The van der Waals surface area contributed by atoms with Crippen molar-refractivity contribution in [2.75, 3.05) is 17.3 Å². The van der Waals surface area contributed by atoms with Gasteiger partial charge in [0, 0.05) is 25.4 Å². The lowest BCUT2D eigenvalue weighted by molar-refractivity contribution is -0.123. The van der Waals surface area contributed by atoms with Crippen LogP contribution in [0.3, 0.4) is 0 Å². The minimum atomic E-state index is -0.751. The van der Waals surface area contributed by atoms with Crippen molar-refractivity contribution in [1.82, 2.24) is 4.98 Å². The van der Waals surface area contributed by atoms with Crippen LogP contribution in [0.2, 0.25) is 0 Å². The van der Waals surface area contributed by atoms with Crippen LogP contribution in [0.15, 0.2) is 79.1 Å². The fraction of sp³-hybridized carbons (Fsp3) is 0.208. The highest BCUT2D eigenvalue weighted by molar-refractivity contribution is 6.08. The van der Waals surface area contributed by atoms with Crippen molar-refractivity contribution in [1.29, 1.82) is 0 Å². The summed E-state index contributed by atoms with van der Waals surface area (Å²) in [5, 5.41) is 2.87. The first-order valence-electron chi connectivity index (χ1n) is 9.72. The first-order chi connectivity index (χ1) is 14.1. The maximum atomic E-state index is 13.4. The molecule has 4 rings (SSSR count). The second kappa shape index (κ2) is 7.87. The number of anilines is 2. The zero-order valence-electron chi connectivity index (χ0n) is 16.3. The number of carbonyl (C=O) groups is 2. The van der Waals surface area contributed by atoms with Crippen molar-refractivity contribution in [3.05, 3.63) is 90.3 Å². The Morgan fingerprint density at radius 3 is 2.55 bits per heavy atom. The molecule has 2 aromatic carbocycles. The minimum absolute atomic E-state index is 0.0386. The molecule has 29 heavy (non-hydrogen) atoms. The molecule has 1 atom stereocenters. The van der Waals surface area contributed by atoms with E-state index in [1.54, 1.807) is 29.4 Å². The number of amides is 2. The normalized spacial score (nSPS) is 17.8. The number of carbonyl (C=O) groups excluding carboxylic acids is 2. The van der Waals surface area contributed by atoms with E-state index in [9.17, 15) is 9.59 Å². The van der Waals surface area contributed by atoms with Gasteiger partial charge >= 0.3 is 0 Å². The van der Waals surface area contributed by atoms with E-state index in [1.165, 1.54) is 0 Å². The van der Waals surface area contributed by atoms with Gasteiger partial charge < -0.3 is 10.2 Å². The Hall–Kier alpha value is -3.47. The molecular formula is C24H23N3O2. The maximum Gasteiger partial charge on any atom is 0.237 e. The van der Waals surface area contributed by atoms with Crippen LogP contribution in [0.25, 0.3) is 0 Å². The van der Waals surface area contributed by atoms with Crippen molar-refractivity contribution in [2.24, 2.45) is 0 Å². The summed E-state index contributed by atoms with van der Waals surface area (Å²) >= 11 is 0. The van der Waals surface area contributed by atoms with Crippen LogP contribution in [0, 0.1) is 0 Å². The summed E-state index contributed by atoms with van der Waals surface area (Å²) in [6.45, 7) is 0. The quantitative estimate of drug-likeness (QED) is 0.699. The average Bonchev–Trinajstić information content (AvgIpc) is 2.96. The first kappa shape index (κ1) is 18.9. The highest BCUT2D eigenvalue weighted by atomic mass is 16.2. The summed E-state index contributed by atoms with van der Waals surface area (Å²) in [4.78, 5) is 31.8. The summed E-state index contributed by atoms with van der Waals surface area (Å²) in [6.07, 6.45) is 4.52. The van der Waals surface area contributed by atoms with Crippen LogP contribution in [0.5, 0.6) is 0 Å². The van der Waals surface area contributed by atoms with E-state index < -0.39 is 5.41 Å². The number of benzene rings is 2. The van der Waals surface area contributed by atoms with Crippen molar-refractivity contribution >= 4 is 23.2 Å². The third kappa shape index (κ3) is 3.63. The highest BCUT2D eigenvalue weighted by Crippen LogP contribution is 2.46. The van der Waals surface area contributed by atoms with Crippen LogP contribution < -0.4 is 10.2 Å². The van der Waals surface area contributed by atoms with Gasteiger partial charge in [-0.15, -0.1) is 0 Å². The number of nitrogens with one attached hydrogen (secondary N) is 1. The Labute approximate surface area is 170 Å². The van der Waals surface area contributed by atoms with Crippen molar-refractivity contribution < 1.29 is 9.59 Å². The molecule has 2 heterocycles. The Morgan fingerprint density at radius 1 is 1.03 bits per heavy atom. The Bertz CT molecular complexity index is 1020. The summed E-state index contributed by atoms with van der Waals surface area (Å²) in [5.41, 5.74) is 2.90. The van der Waals surface area contributed by atoms with Gasteiger partial charge in [-0.05, 0) is 42.2 Å². The topological polar surface area (TPSA) is 62.3 Å². The SMILES string of the molecule is CN1C(=O)[C@](CCC(=O)Nc2cccnc2)(Cc2ccccc2)c2ccccc21. The smallest absolute Gasteiger partial charge is 0.237 e. The standard InChI is InChI=1S/C24H23N3O2/c1-27-21-12-6-5-11-20(21)24(23(27)29,16-18-8-3-2-4-9-18)14-13-22(28)26-19-10-7-15-25-17-19/h2-12,15,17H,13-14,16H2,1H3,(H,26,28)/t24-/m1/s1. The zero-order valence-corrected chi connectivity index (χ0v) is 16.3. The van der Waals surface area contributed by atoms with Gasteiger partial charge in [0.15, 0.2) is 0 Å². The number of fused-ring (bicyclic) bond motifs is 1. The maximum absolute atomic E-state index is 13.4. The molecule has 1 aliphatic rings. The fourth-order valence-corrected chi connectivity index (χ4v) is 4.15. The highest BCUT2D eigenvalue weighted by Gasteiger charge is 2.49. The van der Waals surface area contributed by atoms with Gasteiger partial charge in [0.25, 0.3) is 0 Å². The molecule has 0 aliphatic carbocycles. The molecule has 5 nitrogen and oxygen atoms in total. The molecule has 0 saturated heterocycles. The molecule has 0 spiro atoms. The third-order valence-corrected chi connectivity index (χ3v) is 5.57. The van der Waals surface area contributed by atoms with Crippen LogP contribution in [0.1, 0.15) is 24.0 Å². The molecule has 0 unspecified atom stereocenters. The fourth-order valence-electron chi connectivity index (χ4n) is 4.15. The largest absolute Gasteiger partial charge is 0.325 e. The summed E-state index contributed by atoms with van der Waals surface area (Å²) in [6, 6.07) is 21.4. The van der Waals surface area contributed by atoms with Gasteiger partial charge in [-0.1, -0.05) is 48.5 Å². The van der Waals surface area contributed by atoms with Gasteiger partial charge in [0.05, 0.1) is 17.3 Å². The molecule has 0 radical (unpaired) electrons. The molecule has 1 aliphatic heterocycles. The number of aromatic nitrogens is 1. The van der Waals surface area contributed by atoms with Crippen molar-refractivity contribution in [3.63, 3.8) is 0 Å². The molecule has 1 aromatic heterocycles. The molecule has 146 valence electrons. The summed E-state index contributed by atoms with van der Waals surface area (Å²) < 4.78 is 0. The number of para-hydroxylation sites is 1. The number of rotatable bonds is 6. The summed E-state index contributed by atoms with van der Waals surface area (Å²) in [5.74, 6) is -0.0815. The number of nitrogens with zero attached hydrogens (tertiary/aromatic N) is 2. The van der Waals surface area contributed by atoms with Crippen LogP contribution >= 0.6 is 0 Å². The minimum Gasteiger partial charge on any atom is -0.325 e. The zero-order chi connectivity index (χ0) is 20.3. The van der Waals surface area contributed by atoms with Gasteiger partial charge in [0.2, 0.25) is 11.8 Å². The van der Waals surface area contributed by atoms with Crippen molar-refractivity contribution in [3.8, 4) is 0 Å².